The SMILES string of the molecule is CN(Cc1ccccc1)[C@H]1CCCN(Cc2ccc(Sc3nncn3C)o2)C1. The highest BCUT2D eigenvalue weighted by atomic mass is 32.2. The summed E-state index contributed by atoms with van der Waals surface area (Å²) in [6.07, 6.45) is 4.18. The topological polar surface area (TPSA) is 50.3 Å². The predicted molar refractivity (Wildman–Crippen MR) is 110 cm³/mol. The van der Waals surface area contributed by atoms with Gasteiger partial charge in [0, 0.05) is 26.2 Å². The average molecular weight is 398 g/mol. The summed E-state index contributed by atoms with van der Waals surface area (Å²) >= 11 is 1.51. The lowest BCUT2D eigenvalue weighted by molar-refractivity contribution is 0.101. The summed E-state index contributed by atoms with van der Waals surface area (Å²) in [5, 5.41) is 9.71. The maximum Gasteiger partial charge on any atom is 0.198 e. The molecule has 4 rings (SSSR count). The van der Waals surface area contributed by atoms with Crippen LogP contribution in [0.3, 0.4) is 0 Å². The Morgan fingerprint density at radius 1 is 1.21 bits per heavy atom. The molecule has 0 amide bonds. The number of aromatic nitrogens is 3. The molecular formula is C21H27N5OS. The smallest absolute Gasteiger partial charge is 0.198 e. The number of nitrogens with zero attached hydrogens (tertiary/aromatic N) is 5. The van der Waals surface area contributed by atoms with E-state index < -0.39 is 0 Å². The molecule has 6 nitrogen and oxygen atoms in total. The summed E-state index contributed by atoms with van der Waals surface area (Å²) in [7, 11) is 4.18. The number of hydrogen-bond acceptors (Lipinski definition) is 6. The van der Waals surface area contributed by atoms with Crippen LogP contribution in [0, 0.1) is 0 Å². The summed E-state index contributed by atoms with van der Waals surface area (Å²) < 4.78 is 7.93. The van der Waals surface area contributed by atoms with Gasteiger partial charge in [0.15, 0.2) is 10.2 Å². The van der Waals surface area contributed by atoms with Crippen molar-refractivity contribution in [2.24, 2.45) is 7.05 Å². The molecule has 0 aliphatic carbocycles. The first-order valence-corrected chi connectivity index (χ1v) is 10.6. The number of aryl methyl sites for hydroxylation is 1. The molecule has 1 aliphatic rings. The van der Waals surface area contributed by atoms with Gasteiger partial charge < -0.3 is 8.98 Å². The van der Waals surface area contributed by atoms with E-state index in [0.717, 1.165) is 42.2 Å². The molecule has 1 aromatic carbocycles. The van der Waals surface area contributed by atoms with Gasteiger partial charge in [-0.2, -0.15) is 0 Å². The van der Waals surface area contributed by atoms with Crippen LogP contribution in [0.25, 0.3) is 0 Å². The Morgan fingerprint density at radius 3 is 2.86 bits per heavy atom. The highest BCUT2D eigenvalue weighted by molar-refractivity contribution is 7.99. The van der Waals surface area contributed by atoms with Gasteiger partial charge in [0.05, 0.1) is 6.54 Å². The number of rotatable bonds is 7. The molecule has 0 spiro atoms. The van der Waals surface area contributed by atoms with Crippen molar-refractivity contribution in [3.63, 3.8) is 0 Å². The Kier molecular flexibility index (Phi) is 6.14. The second-order valence-electron chi connectivity index (χ2n) is 7.48. The summed E-state index contributed by atoms with van der Waals surface area (Å²) in [6, 6.07) is 15.4. The van der Waals surface area contributed by atoms with Gasteiger partial charge in [-0.05, 0) is 55.9 Å². The Hall–Kier alpha value is -2.09. The number of piperidine rings is 1. The normalized spacial score (nSPS) is 18.0. The van der Waals surface area contributed by atoms with Crippen molar-refractivity contribution >= 4 is 11.8 Å². The van der Waals surface area contributed by atoms with Crippen molar-refractivity contribution < 1.29 is 4.42 Å². The van der Waals surface area contributed by atoms with Crippen LogP contribution in [0.2, 0.25) is 0 Å². The second-order valence-corrected chi connectivity index (χ2v) is 8.45. The highest BCUT2D eigenvalue weighted by Crippen LogP contribution is 2.28. The summed E-state index contributed by atoms with van der Waals surface area (Å²) in [6.45, 7) is 4.06. The van der Waals surface area contributed by atoms with E-state index in [1.54, 1.807) is 6.33 Å². The molecule has 1 saturated heterocycles. The zero-order chi connectivity index (χ0) is 19.3. The Labute approximate surface area is 170 Å². The monoisotopic (exact) mass is 397 g/mol. The number of furan rings is 1. The molecule has 0 radical (unpaired) electrons. The number of likely N-dealkylation sites (tertiary alicyclic amines) is 1. The van der Waals surface area contributed by atoms with E-state index in [4.69, 9.17) is 4.42 Å². The van der Waals surface area contributed by atoms with E-state index >= 15 is 0 Å². The van der Waals surface area contributed by atoms with E-state index in [9.17, 15) is 0 Å². The van der Waals surface area contributed by atoms with Gasteiger partial charge in [0.1, 0.15) is 12.1 Å². The Balaban J connectivity index is 1.32. The Bertz CT molecular complexity index is 878. The molecule has 7 heteroatoms. The van der Waals surface area contributed by atoms with Crippen LogP contribution in [0.15, 0.2) is 63.5 Å². The third-order valence-electron chi connectivity index (χ3n) is 5.26. The minimum Gasteiger partial charge on any atom is -0.453 e. The van der Waals surface area contributed by atoms with Gasteiger partial charge in [0.2, 0.25) is 0 Å². The average Bonchev–Trinajstić information content (AvgIpc) is 3.32. The quantitative estimate of drug-likeness (QED) is 0.606. The van der Waals surface area contributed by atoms with Crippen LogP contribution in [0.4, 0.5) is 0 Å². The van der Waals surface area contributed by atoms with E-state index in [1.807, 2.05) is 17.7 Å². The van der Waals surface area contributed by atoms with Crippen molar-refractivity contribution in [2.45, 2.75) is 42.2 Å². The largest absolute Gasteiger partial charge is 0.453 e. The highest BCUT2D eigenvalue weighted by Gasteiger charge is 2.24. The molecular weight excluding hydrogens is 370 g/mol. The fourth-order valence-corrected chi connectivity index (χ4v) is 4.45. The molecule has 148 valence electrons. The van der Waals surface area contributed by atoms with Crippen LogP contribution in [-0.4, -0.2) is 50.7 Å². The number of likely N-dealkylation sites (N-methyl/N-ethyl adjacent to an activating group) is 1. The van der Waals surface area contributed by atoms with Crippen molar-refractivity contribution in [2.75, 3.05) is 20.1 Å². The lowest BCUT2D eigenvalue weighted by atomic mass is 10.0. The standard InChI is InChI=1S/C21H27N5OS/c1-24(13-17-7-4-3-5-8-17)18-9-6-12-26(14-18)15-19-10-11-20(27-19)28-21-23-22-16-25(21)2/h3-5,7-8,10-11,16,18H,6,9,12-15H2,1-2H3/t18-/m0/s1. The maximum atomic E-state index is 6.03. The molecule has 2 aromatic heterocycles. The summed E-state index contributed by atoms with van der Waals surface area (Å²) in [5.74, 6) is 1.01. The second kappa shape index (κ2) is 8.94. The molecule has 1 aliphatic heterocycles. The molecule has 3 aromatic rings. The molecule has 0 unspecified atom stereocenters. The molecule has 3 heterocycles. The van der Waals surface area contributed by atoms with Gasteiger partial charge in [0.25, 0.3) is 0 Å². The van der Waals surface area contributed by atoms with Gasteiger partial charge in [-0.1, -0.05) is 30.3 Å². The number of benzene rings is 1. The summed E-state index contributed by atoms with van der Waals surface area (Å²) in [5.41, 5.74) is 1.37. The zero-order valence-electron chi connectivity index (χ0n) is 16.5. The van der Waals surface area contributed by atoms with E-state index in [-0.39, 0.29) is 0 Å². The lowest BCUT2D eigenvalue weighted by Crippen LogP contribution is -2.45. The van der Waals surface area contributed by atoms with Crippen molar-refractivity contribution in [3.05, 3.63) is 60.1 Å². The summed E-state index contributed by atoms with van der Waals surface area (Å²) in [4.78, 5) is 4.99. The molecule has 0 N–H and O–H groups in total. The van der Waals surface area contributed by atoms with Crippen LogP contribution >= 0.6 is 11.8 Å². The molecule has 28 heavy (non-hydrogen) atoms. The third kappa shape index (κ3) is 4.84. The predicted octanol–water partition coefficient (Wildman–Crippen LogP) is 3.66. The van der Waals surface area contributed by atoms with Crippen LogP contribution in [-0.2, 0) is 20.1 Å². The van der Waals surface area contributed by atoms with E-state index in [0.29, 0.717) is 6.04 Å². The van der Waals surface area contributed by atoms with E-state index in [1.165, 1.54) is 30.2 Å². The van der Waals surface area contributed by atoms with Crippen LogP contribution < -0.4 is 0 Å². The fourth-order valence-electron chi connectivity index (χ4n) is 3.71. The third-order valence-corrected chi connectivity index (χ3v) is 6.23. The zero-order valence-corrected chi connectivity index (χ0v) is 17.3. The van der Waals surface area contributed by atoms with Gasteiger partial charge in [-0.3, -0.25) is 9.80 Å². The number of hydrogen-bond donors (Lipinski definition) is 0. The maximum absolute atomic E-state index is 6.03. The van der Waals surface area contributed by atoms with E-state index in [2.05, 4.69) is 63.4 Å². The van der Waals surface area contributed by atoms with Crippen molar-refractivity contribution in [1.29, 1.82) is 0 Å². The first-order chi connectivity index (χ1) is 13.7. The Morgan fingerprint density at radius 2 is 2.07 bits per heavy atom. The van der Waals surface area contributed by atoms with Gasteiger partial charge in [-0.15, -0.1) is 10.2 Å². The minimum absolute atomic E-state index is 0.580. The first-order valence-electron chi connectivity index (χ1n) is 9.74. The van der Waals surface area contributed by atoms with Crippen LogP contribution in [0.1, 0.15) is 24.2 Å². The van der Waals surface area contributed by atoms with Gasteiger partial charge >= 0.3 is 0 Å². The lowest BCUT2D eigenvalue weighted by Gasteiger charge is -2.37. The van der Waals surface area contributed by atoms with Gasteiger partial charge in [-0.25, -0.2) is 0 Å². The fraction of sp³-hybridized carbons (Fsp3) is 0.429. The molecule has 1 fully saturated rings. The first kappa shape index (κ1) is 19.2. The van der Waals surface area contributed by atoms with Crippen LogP contribution in [0.5, 0.6) is 0 Å². The molecule has 0 saturated carbocycles. The van der Waals surface area contributed by atoms with Crippen molar-refractivity contribution in [3.8, 4) is 0 Å². The minimum atomic E-state index is 0.580. The molecule has 1 atom stereocenters. The van der Waals surface area contributed by atoms with Crippen molar-refractivity contribution in [1.82, 2.24) is 24.6 Å². The molecule has 0 bridgehead atoms.